The van der Waals surface area contributed by atoms with Gasteiger partial charge in [-0.1, -0.05) is 0 Å². The minimum Gasteiger partial charge on any atom is -0.336 e. The van der Waals surface area contributed by atoms with Crippen LogP contribution in [0.5, 0.6) is 0 Å². The van der Waals surface area contributed by atoms with Gasteiger partial charge in [0.05, 0.1) is 12.0 Å². The molecule has 0 saturated heterocycles. The van der Waals surface area contributed by atoms with E-state index < -0.39 is 11.6 Å². The number of aromatic nitrogens is 4. The van der Waals surface area contributed by atoms with Gasteiger partial charge in [0.1, 0.15) is 18.0 Å². The topological polar surface area (TPSA) is 55.6 Å². The summed E-state index contributed by atoms with van der Waals surface area (Å²) in [5.74, 6) is -0.707. The quantitative estimate of drug-likeness (QED) is 0.803. The molecule has 0 atom stereocenters. The Bertz CT molecular complexity index is 825. The summed E-state index contributed by atoms with van der Waals surface area (Å²) in [6, 6.07) is 3.65. The number of anilines is 2. The normalized spacial score (nSPS) is 14.6. The van der Waals surface area contributed by atoms with Crippen molar-refractivity contribution in [1.29, 1.82) is 0 Å². The van der Waals surface area contributed by atoms with E-state index in [0.29, 0.717) is 23.0 Å². The molecule has 0 amide bonds. The van der Waals surface area contributed by atoms with Crippen LogP contribution in [0.1, 0.15) is 18.9 Å². The largest absolute Gasteiger partial charge is 0.336 e. The third-order valence-electron chi connectivity index (χ3n) is 3.48. The van der Waals surface area contributed by atoms with Gasteiger partial charge in [0.2, 0.25) is 0 Å². The van der Waals surface area contributed by atoms with Gasteiger partial charge in [0.25, 0.3) is 0 Å². The van der Waals surface area contributed by atoms with Gasteiger partial charge < -0.3 is 9.88 Å². The van der Waals surface area contributed by atoms with Gasteiger partial charge in [-0.05, 0) is 25.0 Å². The van der Waals surface area contributed by atoms with Gasteiger partial charge in [-0.2, -0.15) is 0 Å². The maximum absolute atomic E-state index is 13.7. The van der Waals surface area contributed by atoms with Crippen LogP contribution in [-0.2, 0) is 0 Å². The zero-order valence-corrected chi connectivity index (χ0v) is 10.9. The molecule has 1 N–H and O–H groups in total. The summed E-state index contributed by atoms with van der Waals surface area (Å²) >= 11 is 0. The molecule has 0 spiro atoms. The molecule has 3 aromatic rings. The number of benzene rings is 1. The number of rotatable bonds is 3. The van der Waals surface area contributed by atoms with Crippen molar-refractivity contribution in [2.24, 2.45) is 0 Å². The summed E-state index contributed by atoms with van der Waals surface area (Å²) in [4.78, 5) is 12.6. The summed E-state index contributed by atoms with van der Waals surface area (Å²) in [7, 11) is 0. The van der Waals surface area contributed by atoms with E-state index in [1.54, 1.807) is 6.33 Å². The Kier molecular flexibility index (Phi) is 2.60. The van der Waals surface area contributed by atoms with E-state index in [0.717, 1.165) is 31.0 Å². The van der Waals surface area contributed by atoms with Gasteiger partial charge in [0, 0.05) is 12.1 Å². The highest BCUT2D eigenvalue weighted by Crippen LogP contribution is 2.37. The Morgan fingerprint density at radius 2 is 2.00 bits per heavy atom. The molecule has 1 aliphatic rings. The molecule has 1 aromatic carbocycles. The monoisotopic (exact) mass is 287 g/mol. The van der Waals surface area contributed by atoms with Crippen molar-refractivity contribution < 1.29 is 8.78 Å². The molecule has 0 unspecified atom stereocenters. The second kappa shape index (κ2) is 4.47. The van der Waals surface area contributed by atoms with Crippen LogP contribution in [0, 0.1) is 11.6 Å². The van der Waals surface area contributed by atoms with Crippen LogP contribution < -0.4 is 5.32 Å². The lowest BCUT2D eigenvalue weighted by atomic mass is 10.3. The molecule has 5 nitrogen and oxygen atoms in total. The van der Waals surface area contributed by atoms with E-state index in [9.17, 15) is 8.78 Å². The first kappa shape index (κ1) is 12.2. The third-order valence-corrected chi connectivity index (χ3v) is 3.48. The van der Waals surface area contributed by atoms with E-state index >= 15 is 0 Å². The second-order valence-corrected chi connectivity index (χ2v) is 5.03. The summed E-state index contributed by atoms with van der Waals surface area (Å²) < 4.78 is 28.9. The molecule has 4 rings (SSSR count). The summed E-state index contributed by atoms with van der Waals surface area (Å²) in [5, 5.41) is 2.79. The fourth-order valence-electron chi connectivity index (χ4n) is 2.28. The maximum Gasteiger partial charge on any atom is 0.165 e. The molecule has 2 aromatic heterocycles. The number of fused-ring (bicyclic) bond motifs is 1. The van der Waals surface area contributed by atoms with Crippen molar-refractivity contribution in [3.8, 4) is 0 Å². The molecule has 7 heteroatoms. The van der Waals surface area contributed by atoms with Crippen LogP contribution >= 0.6 is 0 Å². The molecule has 0 bridgehead atoms. The van der Waals surface area contributed by atoms with Gasteiger partial charge in [-0.3, -0.25) is 0 Å². The minimum atomic E-state index is -0.551. The Morgan fingerprint density at radius 3 is 2.81 bits per heavy atom. The molecule has 0 aliphatic heterocycles. The smallest absolute Gasteiger partial charge is 0.165 e. The standard InChI is InChI=1S/C14H11F2N5/c15-8-1-4-10(16)11(5-8)20-13-12-14(18-6-17-13)21(7-19-12)9-2-3-9/h1,4-7,9H,2-3H2,(H,17,18,20). The zero-order chi connectivity index (χ0) is 14.4. The zero-order valence-electron chi connectivity index (χ0n) is 10.9. The predicted molar refractivity (Wildman–Crippen MR) is 73.2 cm³/mol. The Labute approximate surface area is 118 Å². The first-order valence-electron chi connectivity index (χ1n) is 6.62. The lowest BCUT2D eigenvalue weighted by Gasteiger charge is -2.07. The molecular weight excluding hydrogens is 276 g/mol. The summed E-state index contributed by atoms with van der Waals surface area (Å²) in [6.45, 7) is 0. The predicted octanol–water partition coefficient (Wildman–Crippen LogP) is 3.18. The Morgan fingerprint density at radius 1 is 1.14 bits per heavy atom. The fraction of sp³-hybridized carbons (Fsp3) is 0.214. The number of hydrogen-bond acceptors (Lipinski definition) is 4. The SMILES string of the molecule is Fc1ccc(F)c(Nc2ncnc3c2ncn3C2CC2)c1. The van der Waals surface area contributed by atoms with Crippen molar-refractivity contribution in [2.75, 3.05) is 5.32 Å². The average molecular weight is 287 g/mol. The van der Waals surface area contributed by atoms with Gasteiger partial charge in [-0.15, -0.1) is 0 Å². The Balaban J connectivity index is 1.78. The second-order valence-electron chi connectivity index (χ2n) is 5.03. The highest BCUT2D eigenvalue weighted by molar-refractivity contribution is 5.85. The van der Waals surface area contributed by atoms with Crippen molar-refractivity contribution >= 4 is 22.7 Å². The lowest BCUT2D eigenvalue weighted by molar-refractivity contribution is 0.603. The highest BCUT2D eigenvalue weighted by Gasteiger charge is 2.26. The molecule has 0 radical (unpaired) electrons. The molecule has 1 fully saturated rings. The fourth-order valence-corrected chi connectivity index (χ4v) is 2.28. The van der Waals surface area contributed by atoms with E-state index in [4.69, 9.17) is 0 Å². The van der Waals surface area contributed by atoms with Crippen molar-refractivity contribution in [3.63, 3.8) is 0 Å². The van der Waals surface area contributed by atoms with E-state index in [2.05, 4.69) is 20.3 Å². The molecule has 106 valence electrons. The van der Waals surface area contributed by atoms with E-state index in [1.807, 2.05) is 4.57 Å². The van der Waals surface area contributed by atoms with Crippen LogP contribution in [0.4, 0.5) is 20.3 Å². The van der Waals surface area contributed by atoms with Crippen LogP contribution in [0.3, 0.4) is 0 Å². The van der Waals surface area contributed by atoms with Crippen LogP contribution in [-0.4, -0.2) is 19.5 Å². The van der Waals surface area contributed by atoms with Gasteiger partial charge >= 0.3 is 0 Å². The number of hydrogen-bond donors (Lipinski definition) is 1. The summed E-state index contributed by atoms with van der Waals surface area (Å²) in [5.41, 5.74) is 1.27. The molecule has 1 aliphatic carbocycles. The van der Waals surface area contributed by atoms with Gasteiger partial charge in [0.15, 0.2) is 17.0 Å². The van der Waals surface area contributed by atoms with Crippen molar-refractivity contribution in [1.82, 2.24) is 19.5 Å². The van der Waals surface area contributed by atoms with Crippen LogP contribution in [0.25, 0.3) is 11.2 Å². The maximum atomic E-state index is 13.7. The van der Waals surface area contributed by atoms with Crippen molar-refractivity contribution in [2.45, 2.75) is 18.9 Å². The number of nitrogens with zero attached hydrogens (tertiary/aromatic N) is 4. The van der Waals surface area contributed by atoms with E-state index in [1.165, 1.54) is 6.33 Å². The molecule has 1 saturated carbocycles. The molecule has 2 heterocycles. The first-order valence-corrected chi connectivity index (χ1v) is 6.62. The van der Waals surface area contributed by atoms with Crippen LogP contribution in [0.2, 0.25) is 0 Å². The van der Waals surface area contributed by atoms with Crippen LogP contribution in [0.15, 0.2) is 30.9 Å². The number of halogens is 2. The number of imidazole rings is 1. The lowest BCUT2D eigenvalue weighted by Crippen LogP contribution is -2.00. The van der Waals surface area contributed by atoms with Gasteiger partial charge in [-0.25, -0.2) is 23.7 Å². The molecule has 21 heavy (non-hydrogen) atoms. The third kappa shape index (κ3) is 2.10. The highest BCUT2D eigenvalue weighted by atomic mass is 19.1. The molecular formula is C14H11F2N5. The Hall–Kier alpha value is -2.57. The average Bonchev–Trinajstić information content (AvgIpc) is 3.23. The van der Waals surface area contributed by atoms with Crippen molar-refractivity contribution in [3.05, 3.63) is 42.5 Å². The first-order chi connectivity index (χ1) is 10.2. The summed E-state index contributed by atoms with van der Waals surface area (Å²) in [6.07, 6.45) is 5.32. The minimum absolute atomic E-state index is 0.0240. The number of nitrogens with one attached hydrogen (secondary N) is 1. The van der Waals surface area contributed by atoms with E-state index in [-0.39, 0.29) is 5.69 Å².